The molecular weight excluding hydrogens is 670 g/mol. The fourth-order valence-electron chi connectivity index (χ4n) is 2.24. The fraction of sp³-hybridized carbons (Fsp3) is 0.222. The van der Waals surface area contributed by atoms with Gasteiger partial charge in [0.25, 0.3) is 5.91 Å². The Labute approximate surface area is 203 Å². The number of ether oxygens (including phenoxy) is 2. The van der Waals surface area contributed by atoms with Crippen molar-refractivity contribution in [3.8, 4) is 17.7 Å². The first-order valence-corrected chi connectivity index (χ1v) is 10.9. The van der Waals surface area contributed by atoms with Crippen LogP contribution in [0.4, 0.5) is 0 Å². The lowest BCUT2D eigenvalue weighted by Crippen LogP contribution is -2.25. The second kappa shape index (κ2) is 11.0. The molecule has 0 aliphatic carbocycles. The highest BCUT2D eigenvalue weighted by Gasteiger charge is 2.18. The minimum absolute atomic E-state index is 0.0455. The predicted octanol–water partition coefficient (Wildman–Crippen LogP) is 3.61. The van der Waals surface area contributed by atoms with Gasteiger partial charge in [0.15, 0.2) is 6.61 Å². The third kappa shape index (κ3) is 6.24. The molecule has 2 rings (SSSR count). The van der Waals surface area contributed by atoms with E-state index < -0.39 is 5.91 Å². The maximum absolute atomic E-state index is 12.0. The van der Waals surface area contributed by atoms with Crippen LogP contribution in [0.15, 0.2) is 21.7 Å². The van der Waals surface area contributed by atoms with Crippen LogP contribution in [0.25, 0.3) is 0 Å². The van der Waals surface area contributed by atoms with Gasteiger partial charge in [-0.2, -0.15) is 10.4 Å². The number of aromatic hydroxyl groups is 1. The second-order valence-corrected chi connectivity index (χ2v) is 8.82. The monoisotopic (exact) mass is 684 g/mol. The molecule has 0 radical (unpaired) electrons. The summed E-state index contributed by atoms with van der Waals surface area (Å²) in [5, 5.41) is 23.3. The molecule has 0 unspecified atom stereocenters. The van der Waals surface area contributed by atoms with E-state index in [1.165, 1.54) is 13.3 Å². The maximum atomic E-state index is 12.0. The van der Waals surface area contributed by atoms with Crippen molar-refractivity contribution in [1.82, 2.24) is 10.4 Å². The zero-order valence-electron chi connectivity index (χ0n) is 15.3. The number of hydrazone groups is 1. The Hall–Kier alpha value is -1.50. The molecule has 29 heavy (non-hydrogen) atoms. The summed E-state index contributed by atoms with van der Waals surface area (Å²) in [6.45, 7) is 1.55. The van der Waals surface area contributed by atoms with Crippen molar-refractivity contribution in [3.63, 3.8) is 0 Å². The van der Waals surface area contributed by atoms with Crippen molar-refractivity contribution in [2.75, 3.05) is 13.7 Å². The van der Waals surface area contributed by atoms with E-state index in [1.54, 1.807) is 13.0 Å². The Morgan fingerprint density at radius 3 is 2.86 bits per heavy atom. The highest BCUT2D eigenvalue weighted by atomic mass is 127. The number of aromatic nitrogens is 1. The summed E-state index contributed by atoms with van der Waals surface area (Å²) in [4.78, 5) is 16.2. The van der Waals surface area contributed by atoms with E-state index in [0.29, 0.717) is 24.9 Å². The van der Waals surface area contributed by atoms with Crippen molar-refractivity contribution < 1.29 is 19.4 Å². The number of amides is 1. The van der Waals surface area contributed by atoms with E-state index in [1.807, 2.05) is 34.7 Å². The van der Waals surface area contributed by atoms with Crippen LogP contribution in [-0.4, -0.2) is 35.9 Å². The lowest BCUT2D eigenvalue weighted by molar-refractivity contribution is -0.123. The number of hydrogen-bond donors (Lipinski definition) is 2. The SMILES string of the molecule is COCc1c(Br)c(C)nc(OCC(=O)N/N=C\c2cc(I)cc(I)c2O)c1C#N. The minimum Gasteiger partial charge on any atom is -0.506 e. The molecule has 0 spiro atoms. The van der Waals surface area contributed by atoms with Gasteiger partial charge in [-0.25, -0.2) is 10.4 Å². The van der Waals surface area contributed by atoms with Gasteiger partial charge in [-0.05, 0) is 80.2 Å². The van der Waals surface area contributed by atoms with Crippen LogP contribution in [0.1, 0.15) is 22.4 Å². The van der Waals surface area contributed by atoms with E-state index in [0.717, 1.165) is 3.57 Å². The molecule has 11 heteroatoms. The largest absolute Gasteiger partial charge is 0.506 e. The molecule has 1 aromatic heterocycles. The summed E-state index contributed by atoms with van der Waals surface area (Å²) in [5.74, 6) is -0.413. The third-order valence-electron chi connectivity index (χ3n) is 3.56. The number of benzene rings is 1. The highest BCUT2D eigenvalue weighted by Crippen LogP contribution is 2.30. The van der Waals surface area contributed by atoms with Crippen molar-refractivity contribution in [2.24, 2.45) is 5.10 Å². The number of phenols is 1. The maximum Gasteiger partial charge on any atom is 0.278 e. The number of methoxy groups -OCH3 is 1. The van der Waals surface area contributed by atoms with E-state index in [2.05, 4.69) is 54.0 Å². The average molecular weight is 685 g/mol. The first kappa shape index (κ1) is 23.8. The van der Waals surface area contributed by atoms with E-state index >= 15 is 0 Å². The van der Waals surface area contributed by atoms with Crippen LogP contribution < -0.4 is 10.2 Å². The topological polar surface area (TPSA) is 117 Å². The summed E-state index contributed by atoms with van der Waals surface area (Å²) in [6, 6.07) is 5.58. The lowest BCUT2D eigenvalue weighted by atomic mass is 10.1. The number of nitriles is 1. The van der Waals surface area contributed by atoms with E-state index in [-0.39, 0.29) is 30.4 Å². The zero-order valence-corrected chi connectivity index (χ0v) is 21.2. The first-order chi connectivity index (χ1) is 13.8. The predicted molar refractivity (Wildman–Crippen MR) is 127 cm³/mol. The molecule has 152 valence electrons. The number of carbonyl (C=O) groups excluding carboxylic acids is 1. The van der Waals surface area contributed by atoms with Crippen LogP contribution in [0.3, 0.4) is 0 Å². The Kier molecular flexibility index (Phi) is 9.05. The van der Waals surface area contributed by atoms with Crippen LogP contribution in [-0.2, 0) is 16.1 Å². The zero-order chi connectivity index (χ0) is 21.6. The number of halogens is 3. The van der Waals surface area contributed by atoms with Gasteiger partial charge < -0.3 is 14.6 Å². The fourth-order valence-corrected chi connectivity index (χ4v) is 4.53. The van der Waals surface area contributed by atoms with Crippen molar-refractivity contribution in [3.05, 3.63) is 46.1 Å². The number of rotatable bonds is 7. The number of carbonyl (C=O) groups is 1. The molecule has 0 aliphatic heterocycles. The normalized spacial score (nSPS) is 10.8. The molecule has 2 aromatic rings. The van der Waals surface area contributed by atoms with E-state index in [9.17, 15) is 15.2 Å². The van der Waals surface area contributed by atoms with Crippen LogP contribution >= 0.6 is 61.1 Å². The molecule has 0 atom stereocenters. The Bertz CT molecular complexity index is 1010. The molecule has 8 nitrogen and oxygen atoms in total. The highest BCUT2D eigenvalue weighted by molar-refractivity contribution is 14.1. The summed E-state index contributed by atoms with van der Waals surface area (Å²) in [6.07, 6.45) is 1.34. The van der Waals surface area contributed by atoms with Crippen molar-refractivity contribution >= 4 is 73.2 Å². The molecule has 0 saturated carbocycles. The molecule has 1 amide bonds. The van der Waals surface area contributed by atoms with Gasteiger partial charge in [-0.3, -0.25) is 4.79 Å². The third-order valence-corrected chi connectivity index (χ3v) is 6.06. The molecule has 0 aliphatic rings. The van der Waals surface area contributed by atoms with Crippen molar-refractivity contribution in [2.45, 2.75) is 13.5 Å². The van der Waals surface area contributed by atoms with Crippen LogP contribution in [0, 0.1) is 25.4 Å². The Morgan fingerprint density at radius 1 is 1.48 bits per heavy atom. The molecule has 1 aromatic carbocycles. The lowest BCUT2D eigenvalue weighted by Gasteiger charge is -2.13. The number of nitrogens with zero attached hydrogens (tertiary/aromatic N) is 3. The van der Waals surface area contributed by atoms with Gasteiger partial charge in [0.2, 0.25) is 5.88 Å². The van der Waals surface area contributed by atoms with Crippen molar-refractivity contribution in [1.29, 1.82) is 5.26 Å². The van der Waals surface area contributed by atoms with E-state index in [4.69, 9.17) is 9.47 Å². The average Bonchev–Trinajstić information content (AvgIpc) is 2.67. The number of pyridine rings is 1. The smallest absolute Gasteiger partial charge is 0.278 e. The summed E-state index contributed by atoms with van der Waals surface area (Å²) in [5.41, 5.74) is 4.19. The molecule has 2 N–H and O–H groups in total. The van der Waals surface area contributed by atoms with Gasteiger partial charge in [0.1, 0.15) is 17.4 Å². The number of nitrogens with one attached hydrogen (secondary N) is 1. The Balaban J connectivity index is 2.07. The molecule has 1 heterocycles. The summed E-state index contributed by atoms with van der Waals surface area (Å²) >= 11 is 7.52. The number of hydrogen-bond acceptors (Lipinski definition) is 7. The van der Waals surface area contributed by atoms with Gasteiger partial charge in [-0.15, -0.1) is 0 Å². The van der Waals surface area contributed by atoms with Crippen LogP contribution in [0.5, 0.6) is 11.6 Å². The summed E-state index contributed by atoms with van der Waals surface area (Å²) < 4.78 is 12.8. The molecule has 0 fully saturated rings. The van der Waals surface area contributed by atoms with Gasteiger partial charge in [0, 0.05) is 26.3 Å². The number of phenolic OH excluding ortho intramolecular Hbond substituents is 1. The summed E-state index contributed by atoms with van der Waals surface area (Å²) in [7, 11) is 1.52. The van der Waals surface area contributed by atoms with Gasteiger partial charge >= 0.3 is 0 Å². The Morgan fingerprint density at radius 2 is 2.21 bits per heavy atom. The van der Waals surface area contributed by atoms with Gasteiger partial charge in [0.05, 0.1) is 22.1 Å². The minimum atomic E-state index is -0.541. The standard InChI is InChI=1S/C18H15BrI2N4O4/c1-9-16(19)13(7-28-2)12(5-22)18(24-9)29-8-15(26)25-23-6-10-3-11(20)4-14(21)17(10)27/h3-4,6,27H,7-8H2,1-2H3,(H,25,26)/b23-6-. The quantitative estimate of drug-likeness (QED) is 0.262. The number of aryl methyl sites for hydroxylation is 1. The van der Waals surface area contributed by atoms with Crippen LogP contribution in [0.2, 0.25) is 0 Å². The molecular formula is C18H15BrI2N4O4. The first-order valence-electron chi connectivity index (χ1n) is 7.99. The second-order valence-electron chi connectivity index (χ2n) is 5.62. The molecule has 0 bridgehead atoms. The van der Waals surface area contributed by atoms with Gasteiger partial charge in [-0.1, -0.05) is 0 Å². The molecule has 0 saturated heterocycles.